The standard InChI is InChI=1S/C17H20BrN3O2S/c1-19-9-3-5-12(19)13-6-4-10-21(13)16(22)11-20(2)17(23)14-7-8-15(18)24-14/h3,5,7-9,13H,4,6,10-11H2,1-2H3. The van der Waals surface area contributed by atoms with Crippen molar-refractivity contribution in [3.63, 3.8) is 0 Å². The molecule has 7 heteroatoms. The van der Waals surface area contributed by atoms with Crippen LogP contribution in [0.15, 0.2) is 34.2 Å². The summed E-state index contributed by atoms with van der Waals surface area (Å²) in [6, 6.07) is 7.80. The van der Waals surface area contributed by atoms with Crippen LogP contribution < -0.4 is 0 Å². The minimum atomic E-state index is -0.117. The van der Waals surface area contributed by atoms with Crippen molar-refractivity contribution in [1.29, 1.82) is 0 Å². The van der Waals surface area contributed by atoms with Crippen LogP contribution in [0.5, 0.6) is 0 Å². The Kier molecular flexibility index (Phi) is 5.10. The molecule has 2 aromatic rings. The van der Waals surface area contributed by atoms with Gasteiger partial charge in [-0.2, -0.15) is 0 Å². The highest BCUT2D eigenvalue weighted by atomic mass is 79.9. The zero-order chi connectivity index (χ0) is 17.3. The maximum absolute atomic E-state index is 12.7. The lowest BCUT2D eigenvalue weighted by molar-refractivity contribution is -0.132. The Balaban J connectivity index is 1.67. The lowest BCUT2D eigenvalue weighted by atomic mass is 10.1. The van der Waals surface area contributed by atoms with E-state index in [1.165, 1.54) is 16.2 Å². The van der Waals surface area contributed by atoms with Gasteiger partial charge in [-0.25, -0.2) is 0 Å². The predicted octanol–water partition coefficient (Wildman–Crippen LogP) is 3.28. The van der Waals surface area contributed by atoms with Crippen molar-refractivity contribution >= 4 is 39.1 Å². The van der Waals surface area contributed by atoms with Crippen LogP contribution in [-0.2, 0) is 11.8 Å². The summed E-state index contributed by atoms with van der Waals surface area (Å²) in [6.45, 7) is 0.858. The highest BCUT2D eigenvalue weighted by Gasteiger charge is 2.32. The van der Waals surface area contributed by atoms with E-state index in [2.05, 4.69) is 26.6 Å². The Bertz CT molecular complexity index is 755. The third-order valence-corrected chi connectivity index (χ3v) is 6.01. The Hall–Kier alpha value is -1.60. The van der Waals surface area contributed by atoms with Crippen molar-refractivity contribution in [2.75, 3.05) is 20.1 Å². The first-order chi connectivity index (χ1) is 11.5. The molecule has 0 aromatic carbocycles. The molecule has 24 heavy (non-hydrogen) atoms. The summed E-state index contributed by atoms with van der Waals surface area (Å²) >= 11 is 4.74. The molecule has 5 nitrogen and oxygen atoms in total. The summed E-state index contributed by atoms with van der Waals surface area (Å²) in [5.41, 5.74) is 1.15. The number of halogens is 1. The Labute approximate surface area is 154 Å². The van der Waals surface area contributed by atoms with Gasteiger partial charge in [0.05, 0.1) is 21.3 Å². The van der Waals surface area contributed by atoms with Gasteiger partial charge in [0.15, 0.2) is 0 Å². The quantitative estimate of drug-likeness (QED) is 0.777. The summed E-state index contributed by atoms with van der Waals surface area (Å²) < 4.78 is 2.97. The van der Waals surface area contributed by atoms with Crippen molar-refractivity contribution in [1.82, 2.24) is 14.4 Å². The third-order valence-electron chi connectivity index (χ3n) is 4.40. The predicted molar refractivity (Wildman–Crippen MR) is 98.1 cm³/mol. The number of likely N-dealkylation sites (tertiary alicyclic amines) is 1. The molecule has 1 saturated heterocycles. The molecular formula is C17H20BrN3O2S. The number of carbonyl (C=O) groups excluding carboxylic acids is 2. The van der Waals surface area contributed by atoms with Gasteiger partial charge in [0.25, 0.3) is 5.91 Å². The maximum atomic E-state index is 12.7. The first kappa shape index (κ1) is 17.2. The molecule has 0 saturated carbocycles. The molecule has 2 amide bonds. The van der Waals surface area contributed by atoms with Crippen LogP contribution in [0, 0.1) is 0 Å². The molecule has 1 aliphatic heterocycles. The number of amides is 2. The molecule has 3 rings (SSSR count). The van der Waals surface area contributed by atoms with Gasteiger partial charge in [-0.15, -0.1) is 11.3 Å². The van der Waals surface area contributed by atoms with Crippen LogP contribution in [0.25, 0.3) is 0 Å². The number of rotatable bonds is 4. The van der Waals surface area contributed by atoms with E-state index in [1.54, 1.807) is 13.1 Å². The molecule has 2 aromatic heterocycles. The number of carbonyl (C=O) groups is 2. The normalized spacial score (nSPS) is 17.3. The van der Waals surface area contributed by atoms with Gasteiger partial charge in [0.1, 0.15) is 0 Å². The van der Waals surface area contributed by atoms with E-state index >= 15 is 0 Å². The van der Waals surface area contributed by atoms with Crippen LogP contribution in [0.1, 0.15) is 34.2 Å². The molecule has 128 valence electrons. The average Bonchev–Trinajstić information content (AvgIpc) is 3.26. The second kappa shape index (κ2) is 7.11. The minimum absolute atomic E-state index is 0.00479. The first-order valence-electron chi connectivity index (χ1n) is 7.89. The van der Waals surface area contributed by atoms with Gasteiger partial charge in [-0.05, 0) is 53.0 Å². The van der Waals surface area contributed by atoms with Crippen LogP contribution in [0.4, 0.5) is 0 Å². The van der Waals surface area contributed by atoms with Crippen molar-refractivity contribution in [3.8, 4) is 0 Å². The van der Waals surface area contributed by atoms with E-state index in [9.17, 15) is 9.59 Å². The molecule has 0 aliphatic carbocycles. The number of thiophene rings is 1. The fraction of sp³-hybridized carbons (Fsp3) is 0.412. The smallest absolute Gasteiger partial charge is 0.264 e. The molecule has 0 radical (unpaired) electrons. The summed E-state index contributed by atoms with van der Waals surface area (Å²) in [4.78, 5) is 29.2. The van der Waals surface area contributed by atoms with Crippen molar-refractivity contribution < 1.29 is 9.59 Å². The molecule has 3 heterocycles. The lowest BCUT2D eigenvalue weighted by Gasteiger charge is -2.27. The van der Waals surface area contributed by atoms with E-state index in [1.807, 2.05) is 30.3 Å². The molecule has 1 atom stereocenters. The zero-order valence-electron chi connectivity index (χ0n) is 13.7. The molecule has 1 fully saturated rings. The third kappa shape index (κ3) is 3.42. The number of nitrogens with zero attached hydrogens (tertiary/aromatic N) is 3. The van der Waals surface area contributed by atoms with Crippen LogP contribution in [0.3, 0.4) is 0 Å². The Morgan fingerprint density at radius 1 is 1.38 bits per heavy atom. The summed E-state index contributed by atoms with van der Waals surface area (Å²) in [5.74, 6) is -0.112. The number of aryl methyl sites for hydroxylation is 1. The van der Waals surface area contributed by atoms with Crippen molar-refractivity contribution in [2.24, 2.45) is 7.05 Å². The highest BCUT2D eigenvalue weighted by molar-refractivity contribution is 9.11. The highest BCUT2D eigenvalue weighted by Crippen LogP contribution is 2.32. The van der Waals surface area contributed by atoms with Crippen LogP contribution in [-0.4, -0.2) is 46.3 Å². The van der Waals surface area contributed by atoms with Crippen LogP contribution in [0.2, 0.25) is 0 Å². The Morgan fingerprint density at radius 3 is 2.79 bits per heavy atom. The second-order valence-electron chi connectivity index (χ2n) is 6.05. The maximum Gasteiger partial charge on any atom is 0.264 e. The molecule has 0 spiro atoms. The number of aromatic nitrogens is 1. The minimum Gasteiger partial charge on any atom is -0.353 e. The van der Waals surface area contributed by atoms with E-state index < -0.39 is 0 Å². The topological polar surface area (TPSA) is 45.6 Å². The number of likely N-dealkylation sites (N-methyl/N-ethyl adjacent to an activating group) is 1. The van der Waals surface area contributed by atoms with Gasteiger partial charge in [0, 0.05) is 32.5 Å². The molecule has 0 bridgehead atoms. The largest absolute Gasteiger partial charge is 0.353 e. The number of hydrogen-bond donors (Lipinski definition) is 0. The number of hydrogen-bond acceptors (Lipinski definition) is 3. The van der Waals surface area contributed by atoms with Crippen LogP contribution >= 0.6 is 27.3 Å². The fourth-order valence-corrected chi connectivity index (χ4v) is 4.56. The first-order valence-corrected chi connectivity index (χ1v) is 9.50. The Morgan fingerprint density at radius 2 is 2.17 bits per heavy atom. The molecule has 1 unspecified atom stereocenters. The van der Waals surface area contributed by atoms with Crippen molar-refractivity contribution in [3.05, 3.63) is 44.8 Å². The van der Waals surface area contributed by atoms with Gasteiger partial charge in [0.2, 0.25) is 5.91 Å². The average molecular weight is 410 g/mol. The summed E-state index contributed by atoms with van der Waals surface area (Å²) in [6.07, 6.45) is 3.97. The van der Waals surface area contributed by atoms with Gasteiger partial charge in [-0.1, -0.05) is 0 Å². The zero-order valence-corrected chi connectivity index (χ0v) is 16.1. The molecule has 0 N–H and O–H groups in total. The lowest BCUT2D eigenvalue weighted by Crippen LogP contribution is -2.41. The summed E-state index contributed by atoms with van der Waals surface area (Å²) in [7, 11) is 3.68. The van der Waals surface area contributed by atoms with Gasteiger partial charge in [-0.3, -0.25) is 9.59 Å². The van der Waals surface area contributed by atoms with E-state index in [0.29, 0.717) is 4.88 Å². The molecule has 1 aliphatic rings. The van der Waals surface area contributed by atoms with Gasteiger partial charge < -0.3 is 14.4 Å². The van der Waals surface area contributed by atoms with Crippen molar-refractivity contribution in [2.45, 2.75) is 18.9 Å². The van der Waals surface area contributed by atoms with E-state index in [-0.39, 0.29) is 24.4 Å². The van der Waals surface area contributed by atoms with E-state index in [0.717, 1.165) is 28.9 Å². The van der Waals surface area contributed by atoms with Gasteiger partial charge >= 0.3 is 0 Å². The molecular weight excluding hydrogens is 390 g/mol. The SMILES string of the molecule is CN(CC(=O)N1CCCC1c1cccn1C)C(=O)c1ccc(Br)s1. The monoisotopic (exact) mass is 409 g/mol. The fourth-order valence-electron chi connectivity index (χ4n) is 3.18. The van der Waals surface area contributed by atoms with E-state index in [4.69, 9.17) is 0 Å². The second-order valence-corrected chi connectivity index (χ2v) is 8.52. The summed E-state index contributed by atoms with van der Waals surface area (Å²) in [5, 5.41) is 0.